The Balaban J connectivity index is 2.22. The first kappa shape index (κ1) is 11.6. The average molecular weight is 242 g/mol. The quantitative estimate of drug-likeness (QED) is 0.739. The van der Waals surface area contributed by atoms with E-state index in [1.165, 1.54) is 12.1 Å². The van der Waals surface area contributed by atoms with Gasteiger partial charge in [0.25, 0.3) is 0 Å². The van der Waals surface area contributed by atoms with Crippen molar-refractivity contribution in [2.75, 3.05) is 5.75 Å². The molecule has 1 atom stereocenters. The van der Waals surface area contributed by atoms with Gasteiger partial charge in [-0.2, -0.15) is 11.8 Å². The minimum atomic E-state index is -1.02. The van der Waals surface area contributed by atoms with Crippen LogP contribution in [0.15, 0.2) is 18.2 Å². The zero-order valence-corrected chi connectivity index (χ0v) is 9.53. The van der Waals surface area contributed by atoms with E-state index in [4.69, 9.17) is 0 Å². The van der Waals surface area contributed by atoms with Crippen LogP contribution in [0.1, 0.15) is 29.6 Å². The molecular weight excluding hydrogens is 230 g/mol. The average Bonchev–Trinajstić information content (AvgIpc) is 2.33. The zero-order valence-electron chi connectivity index (χ0n) is 8.71. The molecule has 0 N–H and O–H groups in total. The second kappa shape index (κ2) is 4.95. The highest BCUT2D eigenvalue weighted by Crippen LogP contribution is 2.28. The van der Waals surface area contributed by atoms with Gasteiger partial charge in [-0.05, 0) is 30.7 Å². The van der Waals surface area contributed by atoms with Crippen LogP contribution in [-0.2, 0) is 0 Å². The summed E-state index contributed by atoms with van der Waals surface area (Å²) < 4.78 is 26.4. The molecule has 0 saturated carbocycles. The molecule has 0 bridgehead atoms. The lowest BCUT2D eigenvalue weighted by Gasteiger charge is -2.20. The second-order valence-electron chi connectivity index (χ2n) is 3.82. The van der Waals surface area contributed by atoms with Gasteiger partial charge in [0.1, 0.15) is 0 Å². The minimum absolute atomic E-state index is 0.112. The minimum Gasteiger partial charge on any atom is -0.293 e. The Hall–Kier alpha value is -0.900. The van der Waals surface area contributed by atoms with Gasteiger partial charge in [0.2, 0.25) is 0 Å². The SMILES string of the molecule is O=C(c1cccc(F)c1F)C1CCCCS1. The molecule has 16 heavy (non-hydrogen) atoms. The summed E-state index contributed by atoms with van der Waals surface area (Å²) in [6, 6.07) is 3.76. The molecule has 1 heterocycles. The second-order valence-corrected chi connectivity index (χ2v) is 5.13. The van der Waals surface area contributed by atoms with Crippen LogP contribution in [0, 0.1) is 11.6 Å². The molecule has 0 aromatic heterocycles. The first-order chi connectivity index (χ1) is 7.70. The molecule has 4 heteroatoms. The van der Waals surface area contributed by atoms with E-state index in [0.29, 0.717) is 0 Å². The fourth-order valence-corrected chi connectivity index (χ4v) is 3.08. The van der Waals surface area contributed by atoms with Crippen LogP contribution in [0.4, 0.5) is 8.78 Å². The highest BCUT2D eigenvalue weighted by molar-refractivity contribution is 8.00. The maximum absolute atomic E-state index is 13.4. The van der Waals surface area contributed by atoms with Crippen molar-refractivity contribution in [1.82, 2.24) is 0 Å². The van der Waals surface area contributed by atoms with Crippen LogP contribution in [0.5, 0.6) is 0 Å². The Kier molecular flexibility index (Phi) is 3.59. The van der Waals surface area contributed by atoms with Gasteiger partial charge in [-0.25, -0.2) is 8.78 Å². The number of Topliss-reactive ketones (excluding diaryl/α,β-unsaturated/α-hetero) is 1. The van der Waals surface area contributed by atoms with Crippen molar-refractivity contribution in [3.05, 3.63) is 35.4 Å². The van der Waals surface area contributed by atoms with E-state index >= 15 is 0 Å². The first-order valence-corrected chi connectivity index (χ1v) is 6.35. The monoisotopic (exact) mass is 242 g/mol. The predicted molar refractivity (Wildman–Crippen MR) is 60.8 cm³/mol. The number of hydrogen-bond donors (Lipinski definition) is 0. The number of halogens is 2. The lowest BCUT2D eigenvalue weighted by atomic mass is 10.0. The molecule has 1 nitrogen and oxygen atoms in total. The highest BCUT2D eigenvalue weighted by atomic mass is 32.2. The molecule has 1 saturated heterocycles. The maximum Gasteiger partial charge on any atom is 0.178 e. The standard InChI is InChI=1S/C12H12F2OS/c13-9-5-3-4-8(11(9)14)12(15)10-6-1-2-7-16-10/h3-5,10H,1-2,6-7H2. The fourth-order valence-electron chi connectivity index (χ4n) is 1.82. The Morgan fingerprint density at radius 2 is 2.12 bits per heavy atom. The summed E-state index contributed by atoms with van der Waals surface area (Å²) in [5.74, 6) is -1.32. The molecule has 0 aliphatic carbocycles. The summed E-state index contributed by atoms with van der Waals surface area (Å²) in [6.07, 6.45) is 2.85. The summed E-state index contributed by atoms with van der Waals surface area (Å²) in [5, 5.41) is -0.204. The van der Waals surface area contributed by atoms with E-state index in [2.05, 4.69) is 0 Å². The van der Waals surface area contributed by atoms with E-state index in [0.717, 1.165) is 31.1 Å². The molecular formula is C12H12F2OS. The fraction of sp³-hybridized carbons (Fsp3) is 0.417. The van der Waals surface area contributed by atoms with Crippen LogP contribution < -0.4 is 0 Å². The van der Waals surface area contributed by atoms with Gasteiger partial charge in [-0.15, -0.1) is 0 Å². The molecule has 0 amide bonds. The van der Waals surface area contributed by atoms with Gasteiger partial charge in [0.05, 0.1) is 10.8 Å². The molecule has 86 valence electrons. The van der Waals surface area contributed by atoms with E-state index in [1.807, 2.05) is 0 Å². The van der Waals surface area contributed by atoms with Crippen LogP contribution in [-0.4, -0.2) is 16.8 Å². The first-order valence-electron chi connectivity index (χ1n) is 5.30. The van der Waals surface area contributed by atoms with Crippen molar-refractivity contribution in [1.29, 1.82) is 0 Å². The van der Waals surface area contributed by atoms with Crippen LogP contribution in [0.3, 0.4) is 0 Å². The zero-order chi connectivity index (χ0) is 11.5. The lowest BCUT2D eigenvalue weighted by molar-refractivity contribution is 0.0980. The van der Waals surface area contributed by atoms with E-state index in [1.54, 1.807) is 11.8 Å². The van der Waals surface area contributed by atoms with Crippen molar-refractivity contribution in [3.63, 3.8) is 0 Å². The largest absolute Gasteiger partial charge is 0.293 e. The van der Waals surface area contributed by atoms with E-state index < -0.39 is 11.6 Å². The number of ketones is 1. The van der Waals surface area contributed by atoms with Crippen molar-refractivity contribution in [2.45, 2.75) is 24.5 Å². The highest BCUT2D eigenvalue weighted by Gasteiger charge is 2.25. The number of hydrogen-bond acceptors (Lipinski definition) is 2. The molecule has 0 radical (unpaired) electrons. The van der Waals surface area contributed by atoms with Crippen LogP contribution >= 0.6 is 11.8 Å². The number of carbonyl (C=O) groups excluding carboxylic acids is 1. The number of thioether (sulfide) groups is 1. The maximum atomic E-state index is 13.4. The Bertz CT molecular complexity index is 400. The summed E-state index contributed by atoms with van der Waals surface area (Å²) in [4.78, 5) is 11.9. The molecule has 1 aliphatic heterocycles. The van der Waals surface area contributed by atoms with Gasteiger partial charge >= 0.3 is 0 Å². The molecule has 1 aromatic carbocycles. The Morgan fingerprint density at radius 1 is 1.31 bits per heavy atom. The van der Waals surface area contributed by atoms with E-state index in [9.17, 15) is 13.6 Å². The Morgan fingerprint density at radius 3 is 2.81 bits per heavy atom. The van der Waals surface area contributed by atoms with Crippen molar-refractivity contribution < 1.29 is 13.6 Å². The van der Waals surface area contributed by atoms with Gasteiger partial charge in [-0.1, -0.05) is 12.5 Å². The topological polar surface area (TPSA) is 17.1 Å². The lowest BCUT2D eigenvalue weighted by Crippen LogP contribution is -2.22. The number of carbonyl (C=O) groups is 1. The normalized spacial score (nSPS) is 20.8. The van der Waals surface area contributed by atoms with Gasteiger partial charge in [0.15, 0.2) is 17.4 Å². The van der Waals surface area contributed by atoms with Crippen LogP contribution in [0.25, 0.3) is 0 Å². The van der Waals surface area contributed by atoms with E-state index in [-0.39, 0.29) is 16.6 Å². The van der Waals surface area contributed by atoms with Crippen LogP contribution in [0.2, 0.25) is 0 Å². The van der Waals surface area contributed by atoms with Crippen molar-refractivity contribution in [2.24, 2.45) is 0 Å². The molecule has 0 spiro atoms. The summed E-state index contributed by atoms with van der Waals surface area (Å²) in [6.45, 7) is 0. The molecule has 1 aliphatic rings. The van der Waals surface area contributed by atoms with Crippen molar-refractivity contribution >= 4 is 17.5 Å². The van der Waals surface area contributed by atoms with Gasteiger partial charge < -0.3 is 0 Å². The summed E-state index contributed by atoms with van der Waals surface area (Å²) in [5.41, 5.74) is -0.112. The third kappa shape index (κ3) is 2.26. The van der Waals surface area contributed by atoms with Gasteiger partial charge in [0, 0.05) is 0 Å². The molecule has 2 rings (SSSR count). The third-order valence-corrected chi connectivity index (χ3v) is 4.07. The molecule has 1 fully saturated rings. The molecule has 1 aromatic rings. The Labute approximate surface area is 97.2 Å². The summed E-state index contributed by atoms with van der Waals surface area (Å²) in [7, 11) is 0. The predicted octanol–water partition coefficient (Wildman–Crippen LogP) is 3.43. The molecule has 1 unspecified atom stereocenters. The van der Waals surface area contributed by atoms with Gasteiger partial charge in [-0.3, -0.25) is 4.79 Å². The number of benzene rings is 1. The van der Waals surface area contributed by atoms with Crippen molar-refractivity contribution in [3.8, 4) is 0 Å². The third-order valence-electron chi connectivity index (χ3n) is 2.69. The smallest absolute Gasteiger partial charge is 0.178 e. The number of rotatable bonds is 2. The summed E-state index contributed by atoms with van der Waals surface area (Å²) >= 11 is 1.54.